The van der Waals surface area contributed by atoms with Crippen LogP contribution in [0.1, 0.15) is 57.8 Å². The normalized spacial score (nSPS) is 32.6. The first kappa shape index (κ1) is 23.7. The van der Waals surface area contributed by atoms with E-state index < -0.39 is 22.6 Å². The number of hydrogen-bond acceptors (Lipinski definition) is 5. The molecule has 1 aromatic rings. The summed E-state index contributed by atoms with van der Waals surface area (Å²) in [5.41, 5.74) is 0.728. The van der Waals surface area contributed by atoms with Gasteiger partial charge in [0.15, 0.2) is 0 Å². The van der Waals surface area contributed by atoms with Crippen molar-refractivity contribution in [3.05, 3.63) is 30.3 Å². The Labute approximate surface area is 205 Å². The van der Waals surface area contributed by atoms with Gasteiger partial charge in [0.25, 0.3) is 0 Å². The fourth-order valence-electron chi connectivity index (χ4n) is 6.66. The lowest BCUT2D eigenvalue weighted by Gasteiger charge is -2.35. The van der Waals surface area contributed by atoms with Crippen molar-refractivity contribution < 1.29 is 19.5 Å². The van der Waals surface area contributed by atoms with Gasteiger partial charge in [-0.3, -0.25) is 14.4 Å². The van der Waals surface area contributed by atoms with Crippen LogP contribution >= 0.6 is 11.8 Å². The molecule has 1 aromatic carbocycles. The van der Waals surface area contributed by atoms with E-state index in [0.717, 1.165) is 44.2 Å². The number of likely N-dealkylation sites (tertiary alicyclic amines) is 1. The highest BCUT2D eigenvalue weighted by molar-refractivity contribution is 8.02. The van der Waals surface area contributed by atoms with E-state index in [1.165, 1.54) is 6.42 Å². The lowest BCUT2D eigenvalue weighted by Crippen LogP contribution is -2.55. The second-order valence-corrected chi connectivity index (χ2v) is 11.8. The molecule has 8 heteroatoms. The highest BCUT2D eigenvalue weighted by atomic mass is 32.2. The molecule has 3 aliphatic heterocycles. The zero-order chi connectivity index (χ0) is 23.7. The van der Waals surface area contributed by atoms with Crippen LogP contribution in [0.2, 0.25) is 0 Å². The third-order valence-electron chi connectivity index (χ3n) is 8.15. The Kier molecular flexibility index (Phi) is 6.89. The topological polar surface area (TPSA) is 98.7 Å². The van der Waals surface area contributed by atoms with Crippen LogP contribution in [0.3, 0.4) is 0 Å². The maximum absolute atomic E-state index is 13.8. The molecule has 2 unspecified atom stereocenters. The Bertz CT molecular complexity index is 922. The minimum Gasteiger partial charge on any atom is -0.396 e. The Morgan fingerprint density at radius 3 is 2.56 bits per heavy atom. The largest absolute Gasteiger partial charge is 0.396 e. The van der Waals surface area contributed by atoms with Gasteiger partial charge in [-0.05, 0) is 50.7 Å². The number of benzene rings is 1. The van der Waals surface area contributed by atoms with Gasteiger partial charge in [0.05, 0.1) is 16.6 Å². The van der Waals surface area contributed by atoms with Crippen LogP contribution in [-0.4, -0.2) is 63.0 Å². The predicted molar refractivity (Wildman–Crippen MR) is 132 cm³/mol. The van der Waals surface area contributed by atoms with E-state index in [4.69, 9.17) is 0 Å². The minimum absolute atomic E-state index is 0.0518. The van der Waals surface area contributed by atoms with Crippen LogP contribution in [0.5, 0.6) is 0 Å². The second-order valence-electron chi connectivity index (χ2n) is 10.2. The number of nitrogens with one attached hydrogen (secondary N) is 2. The smallest absolute Gasteiger partial charge is 0.244 e. The molecule has 1 aliphatic carbocycles. The Morgan fingerprint density at radius 2 is 1.82 bits per heavy atom. The molecule has 1 spiro atoms. The summed E-state index contributed by atoms with van der Waals surface area (Å²) >= 11 is 1.71. The maximum Gasteiger partial charge on any atom is 0.244 e. The third-order valence-corrected chi connectivity index (χ3v) is 10.1. The number of thioether (sulfide) groups is 1. The van der Waals surface area contributed by atoms with Gasteiger partial charge in [-0.25, -0.2) is 0 Å². The molecule has 3 heterocycles. The molecule has 0 aromatic heterocycles. The zero-order valence-corrected chi connectivity index (χ0v) is 20.4. The van der Waals surface area contributed by atoms with Gasteiger partial charge in [0.2, 0.25) is 17.7 Å². The minimum atomic E-state index is -0.546. The Hall–Kier alpha value is -2.06. The molecule has 4 fully saturated rings. The number of hydrogen-bond donors (Lipinski definition) is 3. The quantitative estimate of drug-likeness (QED) is 0.492. The molecule has 5 atom stereocenters. The molecule has 3 amide bonds. The molecule has 184 valence electrons. The van der Waals surface area contributed by atoms with Gasteiger partial charge in [-0.1, -0.05) is 37.5 Å². The van der Waals surface area contributed by atoms with Crippen LogP contribution in [-0.2, 0) is 14.4 Å². The molecule has 7 nitrogen and oxygen atoms in total. The van der Waals surface area contributed by atoms with Crippen LogP contribution < -0.4 is 10.6 Å². The molecule has 5 rings (SSSR count). The second kappa shape index (κ2) is 9.90. The van der Waals surface area contributed by atoms with Gasteiger partial charge in [-0.15, -0.1) is 11.8 Å². The molecular formula is C26H35N3O4S. The first-order chi connectivity index (χ1) is 16.5. The summed E-state index contributed by atoms with van der Waals surface area (Å²) in [6, 6.07) is 8.99. The first-order valence-corrected chi connectivity index (χ1v) is 13.7. The van der Waals surface area contributed by atoms with Crippen molar-refractivity contribution in [1.29, 1.82) is 0 Å². The fraction of sp³-hybridized carbons (Fsp3) is 0.654. The van der Waals surface area contributed by atoms with Crippen molar-refractivity contribution in [2.24, 2.45) is 11.8 Å². The number of anilines is 1. The number of carbonyl (C=O) groups excluding carboxylic acids is 3. The average molecular weight is 486 g/mol. The number of carbonyl (C=O) groups is 3. The molecule has 34 heavy (non-hydrogen) atoms. The number of fused-ring (bicyclic) bond motifs is 1. The first-order valence-electron chi connectivity index (χ1n) is 12.8. The highest BCUT2D eigenvalue weighted by Gasteiger charge is 2.73. The van der Waals surface area contributed by atoms with Gasteiger partial charge in [-0.2, -0.15) is 0 Å². The lowest BCUT2D eigenvalue weighted by molar-refractivity contribution is -0.139. The van der Waals surface area contributed by atoms with E-state index in [9.17, 15) is 19.5 Å². The summed E-state index contributed by atoms with van der Waals surface area (Å²) in [6.45, 7) is 0.507. The van der Waals surface area contributed by atoms with Gasteiger partial charge in [0.1, 0.15) is 6.04 Å². The number of aliphatic hydroxyl groups is 1. The number of nitrogens with zero attached hydrogens (tertiary/aromatic N) is 1. The zero-order valence-electron chi connectivity index (χ0n) is 19.6. The van der Waals surface area contributed by atoms with Crippen LogP contribution in [0.15, 0.2) is 30.3 Å². The van der Waals surface area contributed by atoms with Gasteiger partial charge in [0, 0.05) is 30.1 Å². The number of para-hydroxylation sites is 1. The molecule has 4 aliphatic rings. The van der Waals surface area contributed by atoms with Crippen LogP contribution in [0.25, 0.3) is 0 Å². The van der Waals surface area contributed by atoms with Crippen molar-refractivity contribution in [2.75, 3.05) is 18.5 Å². The van der Waals surface area contributed by atoms with E-state index in [-0.39, 0.29) is 35.6 Å². The molecule has 3 N–H and O–H groups in total. The SMILES string of the molecule is O=C(NC1CCCCC1)C1N(CCCCO)C(=O)[C@@H]2[C@@H](C(=O)Nc3ccccc3)[C@H]3CCC12S3. The van der Waals surface area contributed by atoms with E-state index >= 15 is 0 Å². The van der Waals surface area contributed by atoms with Crippen LogP contribution in [0, 0.1) is 11.8 Å². The number of amides is 3. The van der Waals surface area contributed by atoms with Crippen molar-refractivity contribution in [3.63, 3.8) is 0 Å². The van der Waals surface area contributed by atoms with E-state index in [0.29, 0.717) is 19.4 Å². The lowest BCUT2D eigenvalue weighted by atomic mass is 9.70. The Morgan fingerprint density at radius 1 is 1.06 bits per heavy atom. The molecule has 1 saturated carbocycles. The monoisotopic (exact) mass is 485 g/mol. The summed E-state index contributed by atoms with van der Waals surface area (Å²) in [5, 5.41) is 15.6. The maximum atomic E-state index is 13.8. The van der Waals surface area contributed by atoms with Gasteiger partial charge < -0.3 is 20.6 Å². The number of rotatable bonds is 8. The van der Waals surface area contributed by atoms with Crippen molar-refractivity contribution >= 4 is 35.2 Å². The molecule has 0 radical (unpaired) electrons. The molecule has 3 saturated heterocycles. The summed E-state index contributed by atoms with van der Waals surface area (Å²) in [6.07, 6.45) is 8.31. The van der Waals surface area contributed by atoms with Crippen LogP contribution in [0.4, 0.5) is 5.69 Å². The molecular weight excluding hydrogens is 450 g/mol. The van der Waals surface area contributed by atoms with E-state index in [1.54, 1.807) is 16.7 Å². The number of aliphatic hydroxyl groups excluding tert-OH is 1. The standard InChI is InChI=1S/C26H35N3O4S/c30-16-8-7-15-29-22(24(32)28-18-11-5-2-6-12-18)26-14-13-19(34-26)20(21(26)25(29)33)23(31)27-17-9-3-1-4-10-17/h1,3-4,9-10,18-22,30H,2,5-8,11-16H2,(H,27,31)(H,28,32)/t19-,20+,21+,22?,26?/m1/s1. The summed E-state index contributed by atoms with van der Waals surface area (Å²) in [7, 11) is 0. The Balaban J connectivity index is 1.41. The summed E-state index contributed by atoms with van der Waals surface area (Å²) < 4.78 is -0.543. The van der Waals surface area contributed by atoms with Crippen molar-refractivity contribution in [1.82, 2.24) is 10.2 Å². The predicted octanol–water partition coefficient (Wildman–Crippen LogP) is 2.94. The fourth-order valence-corrected chi connectivity index (χ4v) is 8.88. The van der Waals surface area contributed by atoms with Gasteiger partial charge >= 0.3 is 0 Å². The van der Waals surface area contributed by atoms with E-state index in [2.05, 4.69) is 10.6 Å². The summed E-state index contributed by atoms with van der Waals surface area (Å²) in [4.78, 5) is 42.7. The average Bonchev–Trinajstić information content (AvgIpc) is 3.48. The van der Waals surface area contributed by atoms with E-state index in [1.807, 2.05) is 30.3 Å². The highest BCUT2D eigenvalue weighted by Crippen LogP contribution is 2.66. The third kappa shape index (κ3) is 4.13. The summed E-state index contributed by atoms with van der Waals surface area (Å²) in [5.74, 6) is -1.14. The van der Waals surface area contributed by atoms with Crippen molar-refractivity contribution in [2.45, 2.75) is 79.9 Å². The molecule has 2 bridgehead atoms. The number of unbranched alkanes of at least 4 members (excludes halogenated alkanes) is 1. The van der Waals surface area contributed by atoms with Crippen molar-refractivity contribution in [3.8, 4) is 0 Å².